The Labute approximate surface area is 136 Å². The zero-order valence-electron chi connectivity index (χ0n) is 12.5. The maximum absolute atomic E-state index is 13.8. The van der Waals surface area contributed by atoms with Crippen molar-refractivity contribution in [2.24, 2.45) is 0 Å². The van der Waals surface area contributed by atoms with Crippen molar-refractivity contribution < 1.29 is 18.4 Å². The van der Waals surface area contributed by atoms with Crippen molar-refractivity contribution >= 4 is 11.9 Å². The van der Waals surface area contributed by atoms with Crippen molar-refractivity contribution in [2.75, 3.05) is 6.54 Å². The number of benzene rings is 1. The molecule has 0 spiro atoms. The van der Waals surface area contributed by atoms with E-state index in [9.17, 15) is 18.4 Å². The van der Waals surface area contributed by atoms with Crippen LogP contribution in [0.1, 0.15) is 17.9 Å². The van der Waals surface area contributed by atoms with Gasteiger partial charge in [-0.1, -0.05) is 6.07 Å². The van der Waals surface area contributed by atoms with Crippen LogP contribution in [-0.4, -0.2) is 34.4 Å². The molecule has 1 aromatic heterocycles. The fraction of sp³-hybridized carbons (Fsp3) is 0.235. The molecule has 7 heteroatoms. The van der Waals surface area contributed by atoms with Gasteiger partial charge < -0.3 is 5.32 Å². The lowest BCUT2D eigenvalue weighted by Crippen LogP contribution is -2.33. The molecule has 1 aromatic carbocycles. The van der Waals surface area contributed by atoms with Gasteiger partial charge in [-0.25, -0.2) is 13.6 Å². The zero-order chi connectivity index (χ0) is 16.8. The quantitative estimate of drug-likeness (QED) is 0.880. The minimum atomic E-state index is -0.668. The van der Waals surface area contributed by atoms with Gasteiger partial charge >= 0.3 is 6.03 Å². The molecule has 4 rings (SSSR count). The van der Waals surface area contributed by atoms with Crippen LogP contribution >= 0.6 is 0 Å². The molecule has 1 aliphatic heterocycles. The van der Waals surface area contributed by atoms with Crippen LogP contribution in [0.2, 0.25) is 0 Å². The van der Waals surface area contributed by atoms with Crippen molar-refractivity contribution in [3.05, 3.63) is 53.7 Å². The van der Waals surface area contributed by atoms with Crippen LogP contribution in [0.5, 0.6) is 0 Å². The van der Waals surface area contributed by atoms with E-state index in [1.54, 1.807) is 18.3 Å². The first-order valence-corrected chi connectivity index (χ1v) is 7.56. The predicted molar refractivity (Wildman–Crippen MR) is 81.0 cm³/mol. The molecule has 2 fully saturated rings. The van der Waals surface area contributed by atoms with Crippen molar-refractivity contribution in [1.82, 2.24) is 15.2 Å². The van der Waals surface area contributed by atoms with E-state index in [0.717, 1.165) is 11.6 Å². The van der Waals surface area contributed by atoms with E-state index < -0.39 is 11.6 Å². The first-order chi connectivity index (χ1) is 11.5. The summed E-state index contributed by atoms with van der Waals surface area (Å²) in [5.74, 6) is -1.47. The van der Waals surface area contributed by atoms with Crippen molar-refractivity contribution in [3.8, 4) is 11.3 Å². The van der Waals surface area contributed by atoms with Gasteiger partial charge in [0.15, 0.2) is 0 Å². The third-order valence-electron chi connectivity index (χ3n) is 4.39. The van der Waals surface area contributed by atoms with Crippen LogP contribution < -0.4 is 5.32 Å². The molecule has 2 atom stereocenters. The standard InChI is InChI=1S/C17H13F2N3O2/c18-10-2-3-11(13(19)5-10)14-4-1-9(7-20-14)12-6-15(12)22-16(23)8-21-17(22)24/h1-5,7,12,15H,6,8H2,(H,21,24)/t12-,15+/m0/s1. The second-order valence-corrected chi connectivity index (χ2v) is 5.93. The van der Waals surface area contributed by atoms with Crippen molar-refractivity contribution in [3.63, 3.8) is 0 Å². The minimum absolute atomic E-state index is 0.0447. The molecule has 1 saturated carbocycles. The van der Waals surface area contributed by atoms with Crippen LogP contribution in [0.4, 0.5) is 13.6 Å². The van der Waals surface area contributed by atoms with Crippen LogP contribution in [0.15, 0.2) is 36.5 Å². The van der Waals surface area contributed by atoms with Gasteiger partial charge in [-0.05, 0) is 30.2 Å². The Morgan fingerprint density at radius 2 is 2.00 bits per heavy atom. The third-order valence-corrected chi connectivity index (χ3v) is 4.39. The number of carbonyl (C=O) groups excluding carboxylic acids is 2. The average Bonchev–Trinajstić information content (AvgIpc) is 3.26. The second kappa shape index (κ2) is 5.36. The van der Waals surface area contributed by atoms with Crippen LogP contribution in [0.3, 0.4) is 0 Å². The van der Waals surface area contributed by atoms with Crippen molar-refractivity contribution in [1.29, 1.82) is 0 Å². The third kappa shape index (κ3) is 2.42. The SMILES string of the molecule is O=C1CNC(=O)N1[C@@H]1C[C@H]1c1ccc(-c2ccc(F)cc2F)nc1. The number of amides is 3. The summed E-state index contributed by atoms with van der Waals surface area (Å²) in [6, 6.07) is 6.31. The summed E-state index contributed by atoms with van der Waals surface area (Å²) in [6.45, 7) is 0.0447. The van der Waals surface area contributed by atoms with Gasteiger partial charge in [0, 0.05) is 29.8 Å². The molecule has 2 aromatic rings. The Morgan fingerprint density at radius 3 is 2.62 bits per heavy atom. The van der Waals surface area contributed by atoms with Gasteiger partial charge in [0.05, 0.1) is 12.2 Å². The maximum atomic E-state index is 13.8. The molecule has 122 valence electrons. The molecule has 5 nitrogen and oxygen atoms in total. The van der Waals surface area contributed by atoms with Crippen LogP contribution in [0.25, 0.3) is 11.3 Å². The van der Waals surface area contributed by atoms with Gasteiger partial charge in [-0.15, -0.1) is 0 Å². The molecule has 3 amide bonds. The van der Waals surface area contributed by atoms with Gasteiger partial charge in [-0.3, -0.25) is 14.7 Å². The molecule has 2 aliphatic rings. The number of hydrogen-bond acceptors (Lipinski definition) is 3. The maximum Gasteiger partial charge on any atom is 0.324 e. The molecule has 1 N–H and O–H groups in total. The number of pyridine rings is 1. The topological polar surface area (TPSA) is 62.3 Å². The van der Waals surface area contributed by atoms with E-state index >= 15 is 0 Å². The molecule has 24 heavy (non-hydrogen) atoms. The molecule has 2 heterocycles. The van der Waals surface area contributed by atoms with E-state index in [1.807, 2.05) is 0 Å². The molecular formula is C17H13F2N3O2. The average molecular weight is 329 g/mol. The van der Waals surface area contributed by atoms with Crippen LogP contribution in [0, 0.1) is 11.6 Å². The summed E-state index contributed by atoms with van der Waals surface area (Å²) in [5.41, 5.74) is 1.52. The normalized spacial score (nSPS) is 22.7. The van der Waals surface area contributed by atoms with Crippen molar-refractivity contribution in [2.45, 2.75) is 18.4 Å². The van der Waals surface area contributed by atoms with Gasteiger partial charge in [0.25, 0.3) is 0 Å². The summed E-state index contributed by atoms with van der Waals surface area (Å²) in [7, 11) is 0. The highest BCUT2D eigenvalue weighted by atomic mass is 19.1. The molecule has 1 saturated heterocycles. The Morgan fingerprint density at radius 1 is 1.17 bits per heavy atom. The van der Waals surface area contributed by atoms with E-state index in [2.05, 4.69) is 10.3 Å². The number of carbonyl (C=O) groups is 2. The lowest BCUT2D eigenvalue weighted by Gasteiger charge is -2.12. The van der Waals surface area contributed by atoms with E-state index in [1.165, 1.54) is 17.0 Å². The van der Waals surface area contributed by atoms with Gasteiger partial charge in [-0.2, -0.15) is 0 Å². The molecular weight excluding hydrogens is 316 g/mol. The fourth-order valence-corrected chi connectivity index (χ4v) is 3.08. The number of halogens is 2. The molecule has 1 aliphatic carbocycles. The first-order valence-electron chi connectivity index (χ1n) is 7.56. The Bertz CT molecular complexity index is 822. The molecule has 0 radical (unpaired) electrons. The fourth-order valence-electron chi connectivity index (χ4n) is 3.08. The summed E-state index contributed by atoms with van der Waals surface area (Å²) in [5, 5.41) is 2.50. The summed E-state index contributed by atoms with van der Waals surface area (Å²) >= 11 is 0. The highest BCUT2D eigenvalue weighted by molar-refractivity contribution is 6.02. The number of aromatic nitrogens is 1. The van der Waals surface area contributed by atoms with E-state index in [-0.39, 0.29) is 36.0 Å². The highest BCUT2D eigenvalue weighted by Gasteiger charge is 2.49. The second-order valence-electron chi connectivity index (χ2n) is 5.93. The van der Waals surface area contributed by atoms with E-state index in [4.69, 9.17) is 0 Å². The first kappa shape index (κ1) is 14.7. The lowest BCUT2D eigenvalue weighted by molar-refractivity contribution is -0.125. The van der Waals surface area contributed by atoms with Gasteiger partial charge in [0.2, 0.25) is 5.91 Å². The number of hydrogen-bond donors (Lipinski definition) is 1. The number of nitrogens with one attached hydrogen (secondary N) is 1. The summed E-state index contributed by atoms with van der Waals surface area (Å²) in [6.07, 6.45) is 2.31. The van der Waals surface area contributed by atoms with Crippen LogP contribution in [-0.2, 0) is 4.79 Å². The zero-order valence-corrected chi connectivity index (χ0v) is 12.5. The van der Waals surface area contributed by atoms with E-state index in [0.29, 0.717) is 12.1 Å². The Balaban J connectivity index is 1.53. The minimum Gasteiger partial charge on any atom is -0.329 e. The Hall–Kier alpha value is -2.83. The molecule has 0 bridgehead atoms. The lowest BCUT2D eigenvalue weighted by atomic mass is 10.1. The predicted octanol–water partition coefficient (Wildman–Crippen LogP) is 2.43. The smallest absolute Gasteiger partial charge is 0.324 e. The number of rotatable bonds is 3. The number of urea groups is 1. The highest BCUT2D eigenvalue weighted by Crippen LogP contribution is 2.45. The van der Waals surface area contributed by atoms with Gasteiger partial charge in [0.1, 0.15) is 11.6 Å². The largest absolute Gasteiger partial charge is 0.329 e. The number of imide groups is 1. The molecule has 0 unspecified atom stereocenters. The summed E-state index contributed by atoms with van der Waals surface area (Å²) < 4.78 is 26.8. The number of nitrogens with zero attached hydrogens (tertiary/aromatic N) is 2. The monoisotopic (exact) mass is 329 g/mol. The summed E-state index contributed by atoms with van der Waals surface area (Å²) in [4.78, 5) is 28.9. The Kier molecular flexibility index (Phi) is 3.30.